The second-order valence-electron chi connectivity index (χ2n) is 7.47. The molecule has 2 atom stereocenters. The summed E-state index contributed by atoms with van der Waals surface area (Å²) in [6.45, 7) is 5.60. The number of nitrogens with one attached hydrogen (secondary N) is 1. The molecule has 1 heterocycles. The lowest BCUT2D eigenvalue weighted by molar-refractivity contribution is -0.144. The highest BCUT2D eigenvalue weighted by Crippen LogP contribution is 2.20. The van der Waals surface area contributed by atoms with Gasteiger partial charge in [-0.3, -0.25) is 4.79 Å². The number of likely N-dealkylation sites (tertiary alicyclic amines) is 1. The summed E-state index contributed by atoms with van der Waals surface area (Å²) in [7, 11) is 0. The van der Waals surface area contributed by atoms with E-state index in [4.69, 9.17) is 9.47 Å². The number of rotatable bonds is 4. The number of nitrogens with zero attached hydrogens (tertiary/aromatic N) is 1. The zero-order chi connectivity index (χ0) is 20.0. The molecule has 1 aromatic carbocycles. The quantitative estimate of drug-likeness (QED) is 0.834. The first kappa shape index (κ1) is 20.5. The van der Waals surface area contributed by atoms with Crippen LogP contribution in [-0.2, 0) is 20.9 Å². The van der Waals surface area contributed by atoms with Gasteiger partial charge < -0.3 is 24.8 Å². The minimum Gasteiger partial charge on any atom is -0.481 e. The largest absolute Gasteiger partial charge is 0.481 e. The van der Waals surface area contributed by atoms with Crippen molar-refractivity contribution in [3.63, 3.8) is 0 Å². The Morgan fingerprint density at radius 2 is 1.89 bits per heavy atom. The molecule has 2 unspecified atom stereocenters. The Bertz CT molecular complexity index is 671. The number of hydrogen-bond acceptors (Lipinski definition) is 5. The van der Waals surface area contributed by atoms with Gasteiger partial charge in [0.1, 0.15) is 12.2 Å². The van der Waals surface area contributed by atoms with Crippen LogP contribution in [-0.4, -0.2) is 52.9 Å². The van der Waals surface area contributed by atoms with Crippen LogP contribution in [0.15, 0.2) is 30.3 Å². The van der Waals surface area contributed by atoms with Crippen molar-refractivity contribution in [1.82, 2.24) is 10.2 Å². The van der Waals surface area contributed by atoms with Crippen molar-refractivity contribution in [2.24, 2.45) is 5.92 Å². The molecule has 2 amide bonds. The Morgan fingerprint density at radius 1 is 1.22 bits per heavy atom. The number of alkyl carbamates (subject to hydrolysis) is 1. The highest BCUT2D eigenvalue weighted by atomic mass is 16.6. The van der Waals surface area contributed by atoms with Crippen LogP contribution in [0.4, 0.5) is 9.59 Å². The molecule has 0 aromatic heterocycles. The van der Waals surface area contributed by atoms with Crippen molar-refractivity contribution in [3.05, 3.63) is 35.9 Å². The average molecular weight is 378 g/mol. The third kappa shape index (κ3) is 6.47. The smallest absolute Gasteiger partial charge is 0.410 e. The van der Waals surface area contributed by atoms with Crippen LogP contribution in [0.5, 0.6) is 0 Å². The topological polar surface area (TPSA) is 105 Å². The fourth-order valence-electron chi connectivity index (χ4n) is 2.78. The number of aliphatic carboxylic acids is 1. The van der Waals surface area contributed by atoms with Crippen molar-refractivity contribution in [2.75, 3.05) is 13.1 Å². The molecule has 148 valence electrons. The molecule has 8 heteroatoms. The van der Waals surface area contributed by atoms with Gasteiger partial charge in [0, 0.05) is 19.1 Å². The van der Waals surface area contributed by atoms with E-state index in [1.165, 1.54) is 4.90 Å². The molecule has 2 rings (SSSR count). The standard InChI is InChI=1S/C19H26N2O6/c1-19(2,3)27-18(25)21-10-9-15(14(11-21)16(22)23)20-17(24)26-12-13-7-5-4-6-8-13/h4-8,14-15H,9-12H2,1-3H3,(H,20,24)(H,22,23). The van der Waals surface area contributed by atoms with E-state index in [2.05, 4.69) is 5.32 Å². The summed E-state index contributed by atoms with van der Waals surface area (Å²) < 4.78 is 10.4. The van der Waals surface area contributed by atoms with Crippen molar-refractivity contribution in [3.8, 4) is 0 Å². The third-order valence-corrected chi connectivity index (χ3v) is 4.10. The van der Waals surface area contributed by atoms with Crippen LogP contribution in [0, 0.1) is 5.92 Å². The van der Waals surface area contributed by atoms with Crippen molar-refractivity contribution >= 4 is 18.2 Å². The lowest BCUT2D eigenvalue weighted by atomic mass is 9.92. The molecule has 8 nitrogen and oxygen atoms in total. The molecule has 0 bridgehead atoms. The van der Waals surface area contributed by atoms with Gasteiger partial charge in [-0.2, -0.15) is 0 Å². The first-order valence-electron chi connectivity index (χ1n) is 8.83. The van der Waals surface area contributed by atoms with Gasteiger partial charge in [0.2, 0.25) is 0 Å². The van der Waals surface area contributed by atoms with E-state index in [0.717, 1.165) is 5.56 Å². The van der Waals surface area contributed by atoms with Gasteiger partial charge in [0.15, 0.2) is 0 Å². The Balaban J connectivity index is 1.90. The number of hydrogen-bond donors (Lipinski definition) is 2. The number of carbonyl (C=O) groups is 3. The van der Waals surface area contributed by atoms with Crippen molar-refractivity contribution in [1.29, 1.82) is 0 Å². The van der Waals surface area contributed by atoms with E-state index in [0.29, 0.717) is 13.0 Å². The maximum Gasteiger partial charge on any atom is 0.410 e. The van der Waals surface area contributed by atoms with E-state index >= 15 is 0 Å². The number of carboxylic acid groups (broad SMARTS) is 1. The van der Waals surface area contributed by atoms with Gasteiger partial charge >= 0.3 is 18.2 Å². The number of carbonyl (C=O) groups excluding carboxylic acids is 2. The minimum atomic E-state index is -1.09. The summed E-state index contributed by atoms with van der Waals surface area (Å²) in [6.07, 6.45) is -0.934. The van der Waals surface area contributed by atoms with Crippen molar-refractivity contribution in [2.45, 2.75) is 45.4 Å². The van der Waals surface area contributed by atoms with Crippen LogP contribution in [0.2, 0.25) is 0 Å². The third-order valence-electron chi connectivity index (χ3n) is 4.10. The van der Waals surface area contributed by atoms with E-state index in [1.807, 2.05) is 30.3 Å². The number of piperidine rings is 1. The zero-order valence-corrected chi connectivity index (χ0v) is 15.8. The maximum atomic E-state index is 12.2. The number of amides is 2. The van der Waals surface area contributed by atoms with Crippen LogP contribution in [0.3, 0.4) is 0 Å². The van der Waals surface area contributed by atoms with Crippen LogP contribution >= 0.6 is 0 Å². The van der Waals surface area contributed by atoms with Gasteiger partial charge in [0.05, 0.1) is 5.92 Å². The van der Waals surface area contributed by atoms with E-state index < -0.39 is 35.7 Å². The predicted molar refractivity (Wildman–Crippen MR) is 97.1 cm³/mol. The molecule has 0 spiro atoms. The highest BCUT2D eigenvalue weighted by molar-refractivity contribution is 5.76. The van der Waals surface area contributed by atoms with Gasteiger partial charge in [-0.25, -0.2) is 9.59 Å². The molecule has 0 aliphatic carbocycles. The van der Waals surface area contributed by atoms with Crippen LogP contribution < -0.4 is 5.32 Å². The Hall–Kier alpha value is -2.77. The minimum absolute atomic E-state index is 0.0339. The summed E-state index contributed by atoms with van der Waals surface area (Å²) in [5.74, 6) is -2.02. The number of benzene rings is 1. The van der Waals surface area contributed by atoms with Crippen LogP contribution in [0.1, 0.15) is 32.8 Å². The number of ether oxygens (including phenoxy) is 2. The summed E-state index contributed by atoms with van der Waals surface area (Å²) in [5, 5.41) is 12.1. The molecule has 1 fully saturated rings. The Labute approximate surface area is 158 Å². The second-order valence-corrected chi connectivity index (χ2v) is 7.47. The SMILES string of the molecule is CC(C)(C)OC(=O)N1CCC(NC(=O)OCc2ccccc2)C(C(=O)O)C1. The average Bonchev–Trinajstić information content (AvgIpc) is 2.59. The monoisotopic (exact) mass is 378 g/mol. The predicted octanol–water partition coefficient (Wildman–Crippen LogP) is 2.62. The fraction of sp³-hybridized carbons (Fsp3) is 0.526. The molecule has 1 aliphatic rings. The van der Waals surface area contributed by atoms with Gasteiger partial charge in [0.25, 0.3) is 0 Å². The molecule has 27 heavy (non-hydrogen) atoms. The summed E-state index contributed by atoms with van der Waals surface area (Å²) in [6, 6.07) is 8.57. The van der Waals surface area contributed by atoms with Crippen LogP contribution in [0.25, 0.3) is 0 Å². The molecular formula is C19H26N2O6. The summed E-state index contributed by atoms with van der Waals surface area (Å²) in [5.41, 5.74) is 0.175. The molecule has 1 aliphatic heterocycles. The Kier molecular flexibility index (Phi) is 6.65. The van der Waals surface area contributed by atoms with E-state index in [1.54, 1.807) is 20.8 Å². The zero-order valence-electron chi connectivity index (χ0n) is 15.8. The Morgan fingerprint density at radius 3 is 2.48 bits per heavy atom. The lowest BCUT2D eigenvalue weighted by Crippen LogP contribution is -2.55. The fourth-order valence-corrected chi connectivity index (χ4v) is 2.78. The first-order chi connectivity index (χ1) is 12.7. The molecule has 1 aromatic rings. The molecule has 0 radical (unpaired) electrons. The van der Waals surface area contributed by atoms with Gasteiger partial charge in [-0.15, -0.1) is 0 Å². The molecule has 2 N–H and O–H groups in total. The normalized spacial score (nSPS) is 19.9. The highest BCUT2D eigenvalue weighted by Gasteiger charge is 2.38. The lowest BCUT2D eigenvalue weighted by Gasteiger charge is -2.37. The van der Waals surface area contributed by atoms with Gasteiger partial charge in [-0.05, 0) is 32.8 Å². The summed E-state index contributed by atoms with van der Waals surface area (Å²) in [4.78, 5) is 37.2. The second kappa shape index (κ2) is 8.75. The molecule has 1 saturated heterocycles. The van der Waals surface area contributed by atoms with Crippen molar-refractivity contribution < 1.29 is 29.0 Å². The van der Waals surface area contributed by atoms with E-state index in [9.17, 15) is 19.5 Å². The first-order valence-corrected chi connectivity index (χ1v) is 8.83. The van der Waals surface area contributed by atoms with E-state index in [-0.39, 0.29) is 13.2 Å². The number of carboxylic acids is 1. The van der Waals surface area contributed by atoms with Gasteiger partial charge in [-0.1, -0.05) is 30.3 Å². The molecular weight excluding hydrogens is 352 g/mol. The molecule has 0 saturated carbocycles. The maximum absolute atomic E-state index is 12.2. The summed E-state index contributed by atoms with van der Waals surface area (Å²) >= 11 is 0.